The summed E-state index contributed by atoms with van der Waals surface area (Å²) < 4.78 is 5.69. The van der Waals surface area contributed by atoms with Crippen molar-refractivity contribution in [3.8, 4) is 6.07 Å². The van der Waals surface area contributed by atoms with E-state index in [-0.39, 0.29) is 18.2 Å². The third-order valence-corrected chi connectivity index (χ3v) is 7.24. The molecule has 0 radical (unpaired) electrons. The molecule has 1 aliphatic heterocycles. The average molecular weight is 539 g/mol. The predicted octanol–water partition coefficient (Wildman–Crippen LogP) is 5.37. The highest BCUT2D eigenvalue weighted by Crippen LogP contribution is 2.41. The van der Waals surface area contributed by atoms with Crippen LogP contribution < -0.4 is 10.6 Å². The summed E-state index contributed by atoms with van der Waals surface area (Å²) in [7, 11) is 1.52. The fourth-order valence-electron chi connectivity index (χ4n) is 4.73. The van der Waals surface area contributed by atoms with Crippen LogP contribution in [0.4, 0.5) is 10.5 Å². The molecule has 0 saturated heterocycles. The van der Waals surface area contributed by atoms with Crippen LogP contribution in [-0.2, 0) is 25.3 Å². The minimum atomic E-state index is -1.00. The second-order valence-corrected chi connectivity index (χ2v) is 11.3. The topological polar surface area (TPSA) is 112 Å². The molecule has 1 unspecified atom stereocenters. The first-order valence-electron chi connectivity index (χ1n) is 12.6. The molecular weight excluding hydrogens is 504 g/mol. The molecule has 0 aromatic heterocycles. The van der Waals surface area contributed by atoms with Crippen LogP contribution in [0.25, 0.3) is 0 Å². The van der Waals surface area contributed by atoms with Gasteiger partial charge < -0.3 is 20.3 Å². The second-order valence-electron chi connectivity index (χ2n) is 10.9. The number of fused-ring (bicyclic) bond motifs is 1. The summed E-state index contributed by atoms with van der Waals surface area (Å²) in [4.78, 5) is 40.7. The number of nitrogens with one attached hydrogen (secondary N) is 2. The number of carbonyl (C=O) groups is 3. The van der Waals surface area contributed by atoms with Gasteiger partial charge in [0.05, 0.1) is 11.5 Å². The molecule has 0 aliphatic carbocycles. The van der Waals surface area contributed by atoms with E-state index in [1.807, 2.05) is 38.1 Å². The summed E-state index contributed by atoms with van der Waals surface area (Å²) in [6.45, 7) is 9.12. The third-order valence-electron chi connectivity index (χ3n) is 7.00. The Kier molecular flexibility index (Phi) is 8.73. The third kappa shape index (κ3) is 6.28. The minimum absolute atomic E-state index is 0.0733. The first-order chi connectivity index (χ1) is 17.8. The van der Waals surface area contributed by atoms with E-state index in [1.165, 1.54) is 11.9 Å². The second kappa shape index (κ2) is 11.4. The normalized spacial score (nSPS) is 18.1. The van der Waals surface area contributed by atoms with Gasteiger partial charge in [0.25, 0.3) is 0 Å². The lowest BCUT2D eigenvalue weighted by Gasteiger charge is -2.33. The zero-order valence-corrected chi connectivity index (χ0v) is 23.4. The van der Waals surface area contributed by atoms with Gasteiger partial charge in [0.2, 0.25) is 11.8 Å². The predicted molar refractivity (Wildman–Crippen MR) is 147 cm³/mol. The Morgan fingerprint density at radius 3 is 2.53 bits per heavy atom. The summed E-state index contributed by atoms with van der Waals surface area (Å²) in [6, 6.07) is 14.7. The van der Waals surface area contributed by atoms with Crippen molar-refractivity contribution in [2.45, 2.75) is 70.6 Å². The molecule has 38 heavy (non-hydrogen) atoms. The Morgan fingerprint density at radius 2 is 1.89 bits per heavy atom. The molecule has 3 atom stereocenters. The van der Waals surface area contributed by atoms with Crippen molar-refractivity contribution < 1.29 is 19.1 Å². The average Bonchev–Trinajstić information content (AvgIpc) is 3.10. The zero-order chi connectivity index (χ0) is 28.3. The van der Waals surface area contributed by atoms with Crippen molar-refractivity contribution in [2.75, 3.05) is 12.4 Å². The highest BCUT2D eigenvalue weighted by atomic mass is 35.5. The molecule has 8 nitrogen and oxygen atoms in total. The number of rotatable bonds is 9. The lowest BCUT2D eigenvalue weighted by atomic mass is 9.78. The summed E-state index contributed by atoms with van der Waals surface area (Å²) in [6.07, 6.45) is -0.309. The van der Waals surface area contributed by atoms with Crippen molar-refractivity contribution >= 4 is 35.2 Å². The first kappa shape index (κ1) is 29.0. The molecule has 2 aromatic carbocycles. The number of benzene rings is 2. The van der Waals surface area contributed by atoms with E-state index in [0.717, 1.165) is 5.56 Å². The molecule has 0 bridgehead atoms. The maximum absolute atomic E-state index is 13.6. The van der Waals surface area contributed by atoms with Gasteiger partial charge in [0.1, 0.15) is 17.7 Å². The molecule has 0 fully saturated rings. The van der Waals surface area contributed by atoms with Gasteiger partial charge in [-0.05, 0) is 68.9 Å². The van der Waals surface area contributed by atoms with Crippen LogP contribution in [0.15, 0.2) is 48.5 Å². The number of nitrogens with zero attached hydrogens (tertiary/aromatic N) is 2. The van der Waals surface area contributed by atoms with Gasteiger partial charge in [-0.2, -0.15) is 5.26 Å². The molecule has 0 saturated carbocycles. The van der Waals surface area contributed by atoms with Crippen molar-refractivity contribution in [2.24, 2.45) is 5.92 Å². The molecular formula is C29H35ClN4O4. The lowest BCUT2D eigenvalue weighted by Crippen LogP contribution is -2.52. The molecule has 2 aromatic rings. The Labute approximate surface area is 229 Å². The van der Waals surface area contributed by atoms with E-state index >= 15 is 0 Å². The van der Waals surface area contributed by atoms with Crippen molar-refractivity contribution in [1.82, 2.24) is 10.2 Å². The molecule has 1 aliphatic rings. The van der Waals surface area contributed by atoms with Gasteiger partial charge in [-0.1, -0.05) is 55.8 Å². The van der Waals surface area contributed by atoms with Gasteiger partial charge >= 0.3 is 6.09 Å². The molecule has 1 heterocycles. The Balaban J connectivity index is 1.76. The van der Waals surface area contributed by atoms with E-state index in [4.69, 9.17) is 16.3 Å². The lowest BCUT2D eigenvalue weighted by molar-refractivity contribution is -0.134. The summed E-state index contributed by atoms with van der Waals surface area (Å²) in [5, 5.41) is 16.1. The van der Waals surface area contributed by atoms with E-state index in [0.29, 0.717) is 22.7 Å². The van der Waals surface area contributed by atoms with Crippen LogP contribution in [0.1, 0.15) is 58.6 Å². The number of para-hydroxylation sites is 1. The molecule has 0 spiro atoms. The zero-order valence-electron chi connectivity index (χ0n) is 22.7. The SMILES string of the molecule is CC(C)CC(NC(=O)OC(C)(C)c1cccc(Cl)c1)C(=O)N(C)[C@H](C#N)C[C@@]1(C)C(=O)Nc2ccccc21. The highest BCUT2D eigenvalue weighted by Gasteiger charge is 2.45. The maximum Gasteiger partial charge on any atom is 0.408 e. The van der Waals surface area contributed by atoms with Crippen LogP contribution >= 0.6 is 11.6 Å². The van der Waals surface area contributed by atoms with Crippen LogP contribution in [-0.4, -0.2) is 41.9 Å². The van der Waals surface area contributed by atoms with E-state index in [2.05, 4.69) is 16.7 Å². The van der Waals surface area contributed by atoms with E-state index in [9.17, 15) is 19.6 Å². The maximum atomic E-state index is 13.6. The summed E-state index contributed by atoms with van der Waals surface area (Å²) in [5.41, 5.74) is 0.216. The molecule has 2 N–H and O–H groups in total. The number of carbonyl (C=O) groups excluding carboxylic acids is 3. The number of ether oxygens (including phenoxy) is 1. The van der Waals surface area contributed by atoms with Gasteiger partial charge in [0, 0.05) is 17.8 Å². The van der Waals surface area contributed by atoms with Crippen molar-refractivity contribution in [3.05, 3.63) is 64.7 Å². The number of hydrogen-bond donors (Lipinski definition) is 2. The number of halogens is 1. The Hall–Kier alpha value is -3.57. The fraction of sp³-hybridized carbons (Fsp3) is 0.448. The van der Waals surface area contributed by atoms with Crippen LogP contribution in [0.3, 0.4) is 0 Å². The van der Waals surface area contributed by atoms with Crippen LogP contribution in [0, 0.1) is 17.2 Å². The Morgan fingerprint density at radius 1 is 1.21 bits per heavy atom. The smallest absolute Gasteiger partial charge is 0.408 e. The first-order valence-corrected chi connectivity index (χ1v) is 13.0. The molecule has 3 rings (SSSR count). The monoisotopic (exact) mass is 538 g/mol. The summed E-state index contributed by atoms with van der Waals surface area (Å²) >= 11 is 6.10. The number of hydrogen-bond acceptors (Lipinski definition) is 5. The van der Waals surface area contributed by atoms with E-state index in [1.54, 1.807) is 45.0 Å². The highest BCUT2D eigenvalue weighted by molar-refractivity contribution is 6.30. The largest absolute Gasteiger partial charge is 0.439 e. The quantitative estimate of drug-likeness (QED) is 0.446. The van der Waals surface area contributed by atoms with Gasteiger partial charge in [-0.15, -0.1) is 0 Å². The van der Waals surface area contributed by atoms with Crippen LogP contribution in [0.5, 0.6) is 0 Å². The standard InChI is InChI=1S/C29H35ClN4O4/c1-18(2)14-24(33-27(37)38-28(3,4)19-10-9-11-20(30)15-19)25(35)34(6)21(17-31)16-29(5)22-12-7-8-13-23(22)32-26(29)36/h7-13,15,18,21,24H,14,16H2,1-6H3,(H,32,36)(H,33,37)/t21-,24?,29+/m0/s1. The molecule has 202 valence electrons. The van der Waals surface area contributed by atoms with Crippen LogP contribution in [0.2, 0.25) is 5.02 Å². The Bertz CT molecular complexity index is 1260. The van der Waals surface area contributed by atoms with Gasteiger partial charge in [0.15, 0.2) is 0 Å². The minimum Gasteiger partial charge on any atom is -0.439 e. The molecule has 9 heteroatoms. The number of amides is 3. The number of likely N-dealkylation sites (N-methyl/N-ethyl adjacent to an activating group) is 1. The van der Waals surface area contributed by atoms with Gasteiger partial charge in [-0.3, -0.25) is 9.59 Å². The number of anilines is 1. The fourth-order valence-corrected chi connectivity index (χ4v) is 4.92. The number of nitriles is 1. The summed E-state index contributed by atoms with van der Waals surface area (Å²) in [5.74, 6) is -0.578. The van der Waals surface area contributed by atoms with Crippen molar-refractivity contribution in [3.63, 3.8) is 0 Å². The number of alkyl carbamates (subject to hydrolysis) is 1. The van der Waals surface area contributed by atoms with E-state index < -0.39 is 35.1 Å². The molecule has 3 amide bonds. The van der Waals surface area contributed by atoms with Gasteiger partial charge in [-0.25, -0.2) is 4.79 Å². The van der Waals surface area contributed by atoms with Crippen molar-refractivity contribution in [1.29, 1.82) is 5.26 Å².